The van der Waals surface area contributed by atoms with Crippen LogP contribution in [0.5, 0.6) is 0 Å². The molecule has 0 atom stereocenters. The van der Waals surface area contributed by atoms with Gasteiger partial charge < -0.3 is 0 Å². The Bertz CT molecular complexity index is 508. The Morgan fingerprint density at radius 1 is 0.846 bits per heavy atom. The largest absolute Gasteiger partial charge is 0.129 e. The predicted molar refractivity (Wildman–Crippen MR) is 57.0 cm³/mol. The smallest absolute Gasteiger partial charge is 0.0703 e. The van der Waals surface area contributed by atoms with Crippen molar-refractivity contribution < 1.29 is 0 Å². The Hall–Kier alpha value is -1.69. The van der Waals surface area contributed by atoms with Gasteiger partial charge in [-0.2, -0.15) is 0 Å². The van der Waals surface area contributed by atoms with Crippen LogP contribution in [0.3, 0.4) is 0 Å². The zero-order valence-corrected chi connectivity index (χ0v) is 7.20. The molecule has 0 unspecified atom stereocenters. The van der Waals surface area contributed by atoms with Crippen molar-refractivity contribution in [2.24, 2.45) is 0 Å². The summed E-state index contributed by atoms with van der Waals surface area (Å²) >= 11 is 0. The van der Waals surface area contributed by atoms with Gasteiger partial charge in [0.2, 0.25) is 0 Å². The molecule has 0 aliphatic carbocycles. The molecule has 0 spiro atoms. The first-order chi connectivity index (χ1) is 6.45. The third kappa shape index (κ3) is 0.888. The van der Waals surface area contributed by atoms with E-state index in [0.717, 1.165) is 0 Å². The van der Waals surface area contributed by atoms with Gasteiger partial charge in [0.25, 0.3) is 0 Å². The maximum atomic E-state index is 2.24. The van der Waals surface area contributed by atoms with E-state index in [-0.39, 0.29) is 0 Å². The van der Waals surface area contributed by atoms with Crippen LogP contribution >= 0.6 is 0 Å². The molecule has 3 rings (SSSR count). The Labute approximate surface area is 76.8 Å². The molecule has 0 aliphatic rings. The summed E-state index contributed by atoms with van der Waals surface area (Å²) in [5, 5.41) is 5.39. The van der Waals surface area contributed by atoms with Crippen molar-refractivity contribution in [2.75, 3.05) is 0 Å². The molecule has 3 aromatic rings. The standard InChI is InChI=1S/C13H9/c1-3-7-12-10(5-1)9-11-6-2-4-8-13(11)12/h1-9H/q-1. The van der Waals surface area contributed by atoms with E-state index in [1.807, 2.05) is 0 Å². The normalized spacial score (nSPS) is 11.1. The highest BCUT2D eigenvalue weighted by atomic mass is 14.0. The van der Waals surface area contributed by atoms with Crippen LogP contribution in [0.1, 0.15) is 0 Å². The van der Waals surface area contributed by atoms with Gasteiger partial charge in [0.15, 0.2) is 0 Å². The fraction of sp³-hybridized carbons (Fsp3) is 0. The quantitative estimate of drug-likeness (QED) is 0.445. The fourth-order valence-electron chi connectivity index (χ4n) is 1.90. The van der Waals surface area contributed by atoms with Crippen LogP contribution in [0.4, 0.5) is 0 Å². The third-order valence-electron chi connectivity index (χ3n) is 2.52. The van der Waals surface area contributed by atoms with Crippen molar-refractivity contribution in [3.8, 4) is 0 Å². The van der Waals surface area contributed by atoms with Crippen molar-refractivity contribution in [1.82, 2.24) is 0 Å². The first-order valence-electron chi connectivity index (χ1n) is 4.48. The van der Waals surface area contributed by atoms with E-state index in [1.165, 1.54) is 21.5 Å². The summed E-state index contributed by atoms with van der Waals surface area (Å²) < 4.78 is 0. The lowest BCUT2D eigenvalue weighted by molar-refractivity contribution is 1.84. The Morgan fingerprint density at radius 3 is 2.69 bits per heavy atom. The molecule has 0 heterocycles. The molecule has 0 fully saturated rings. The highest BCUT2D eigenvalue weighted by Crippen LogP contribution is 2.27. The van der Waals surface area contributed by atoms with E-state index in [9.17, 15) is 0 Å². The van der Waals surface area contributed by atoms with Gasteiger partial charge in [-0.1, -0.05) is 29.7 Å². The number of hydrogen-bond acceptors (Lipinski definition) is 0. The van der Waals surface area contributed by atoms with Crippen molar-refractivity contribution in [1.29, 1.82) is 0 Å². The van der Waals surface area contributed by atoms with Crippen LogP contribution in [-0.2, 0) is 0 Å². The first-order valence-corrected chi connectivity index (χ1v) is 4.48. The minimum Gasteiger partial charge on any atom is -0.129 e. The van der Waals surface area contributed by atoms with Crippen LogP contribution in [0.15, 0.2) is 54.6 Å². The molecule has 0 saturated carbocycles. The van der Waals surface area contributed by atoms with E-state index in [4.69, 9.17) is 0 Å². The molecule has 0 amide bonds. The molecular weight excluding hydrogens is 156 g/mol. The SMILES string of the molecule is c1ccc2c(c1)c[c-]1ccccc21. The van der Waals surface area contributed by atoms with Crippen LogP contribution in [0.2, 0.25) is 0 Å². The molecule has 0 saturated heterocycles. The number of fused-ring (bicyclic) bond motifs is 3. The Balaban J connectivity index is 2.64. The molecule has 0 N–H and O–H groups in total. The fourth-order valence-corrected chi connectivity index (χ4v) is 1.90. The lowest BCUT2D eigenvalue weighted by Crippen LogP contribution is -1.62. The molecule has 0 nitrogen and oxygen atoms in total. The summed E-state index contributed by atoms with van der Waals surface area (Å²) in [6.07, 6.45) is 0. The topological polar surface area (TPSA) is 0 Å². The lowest BCUT2D eigenvalue weighted by atomic mass is 10.2. The molecular formula is C13H9-. The first kappa shape index (κ1) is 6.79. The van der Waals surface area contributed by atoms with Gasteiger partial charge in [0, 0.05) is 0 Å². The maximum absolute atomic E-state index is 2.24. The average molecular weight is 165 g/mol. The highest BCUT2D eigenvalue weighted by Gasteiger charge is 1.91. The van der Waals surface area contributed by atoms with Crippen molar-refractivity contribution in [2.45, 2.75) is 0 Å². The lowest BCUT2D eigenvalue weighted by Gasteiger charge is -1.97. The van der Waals surface area contributed by atoms with Crippen LogP contribution in [0, 0.1) is 0 Å². The number of rotatable bonds is 0. The van der Waals surface area contributed by atoms with Gasteiger partial charge >= 0.3 is 0 Å². The molecule has 13 heavy (non-hydrogen) atoms. The predicted octanol–water partition coefficient (Wildman–Crippen LogP) is 3.71. The zero-order valence-electron chi connectivity index (χ0n) is 7.20. The van der Waals surface area contributed by atoms with E-state index in [0.29, 0.717) is 0 Å². The van der Waals surface area contributed by atoms with Gasteiger partial charge in [0.05, 0.1) is 0 Å². The Kier molecular flexibility index (Phi) is 1.25. The summed E-state index contributed by atoms with van der Waals surface area (Å²) in [7, 11) is 0. The zero-order chi connectivity index (χ0) is 8.67. The van der Waals surface area contributed by atoms with Gasteiger partial charge in [-0.05, 0) is 0 Å². The molecule has 0 aromatic heterocycles. The molecule has 0 radical (unpaired) electrons. The Morgan fingerprint density at radius 2 is 1.69 bits per heavy atom. The van der Waals surface area contributed by atoms with Crippen LogP contribution in [0.25, 0.3) is 21.5 Å². The van der Waals surface area contributed by atoms with Crippen molar-refractivity contribution in [3.63, 3.8) is 0 Å². The van der Waals surface area contributed by atoms with Gasteiger partial charge in [-0.15, -0.1) is 46.5 Å². The van der Waals surface area contributed by atoms with Crippen LogP contribution < -0.4 is 0 Å². The molecule has 0 aliphatic heterocycles. The minimum atomic E-state index is 1.34. The molecule has 0 bridgehead atoms. The second-order valence-corrected chi connectivity index (χ2v) is 3.32. The van der Waals surface area contributed by atoms with E-state index in [1.54, 1.807) is 0 Å². The third-order valence-corrected chi connectivity index (χ3v) is 2.52. The molecule has 0 heteroatoms. The summed E-state index contributed by atoms with van der Waals surface area (Å²) in [6, 6.07) is 19.3. The van der Waals surface area contributed by atoms with E-state index in [2.05, 4.69) is 54.6 Å². The van der Waals surface area contributed by atoms with Crippen molar-refractivity contribution in [3.05, 3.63) is 54.6 Å². The second kappa shape index (κ2) is 2.40. The van der Waals surface area contributed by atoms with Crippen LogP contribution in [-0.4, -0.2) is 0 Å². The highest BCUT2D eigenvalue weighted by molar-refractivity contribution is 6.11. The second-order valence-electron chi connectivity index (χ2n) is 3.32. The van der Waals surface area contributed by atoms with E-state index < -0.39 is 0 Å². The van der Waals surface area contributed by atoms with Gasteiger partial charge in [0.1, 0.15) is 0 Å². The summed E-state index contributed by atoms with van der Waals surface area (Å²) in [6.45, 7) is 0. The number of hydrogen-bond donors (Lipinski definition) is 0. The summed E-state index contributed by atoms with van der Waals surface area (Å²) in [5.41, 5.74) is 0. The van der Waals surface area contributed by atoms with Gasteiger partial charge in [-0.3, -0.25) is 0 Å². The van der Waals surface area contributed by atoms with Gasteiger partial charge in [-0.25, -0.2) is 0 Å². The number of benzene rings is 2. The maximum Gasteiger partial charge on any atom is -0.0703 e. The minimum absolute atomic E-state index is 1.34. The van der Waals surface area contributed by atoms with E-state index >= 15 is 0 Å². The summed E-state index contributed by atoms with van der Waals surface area (Å²) in [4.78, 5) is 0. The molecule has 62 valence electrons. The average Bonchev–Trinajstić information content (AvgIpc) is 2.56. The van der Waals surface area contributed by atoms with Crippen molar-refractivity contribution >= 4 is 21.5 Å². The monoisotopic (exact) mass is 165 g/mol. The molecule has 3 aromatic carbocycles. The summed E-state index contributed by atoms with van der Waals surface area (Å²) in [5.74, 6) is 0.